The van der Waals surface area contributed by atoms with Gasteiger partial charge in [-0.1, -0.05) is 65.8 Å². The fraction of sp³-hybridized carbons (Fsp3) is 0.233. The lowest BCUT2D eigenvalue weighted by atomic mass is 10.1. The molecule has 1 amide bonds. The van der Waals surface area contributed by atoms with Crippen LogP contribution in [0.1, 0.15) is 17.0 Å². The van der Waals surface area contributed by atoms with Crippen molar-refractivity contribution in [1.29, 1.82) is 0 Å². The molecule has 15 nitrogen and oxygen atoms in total. The van der Waals surface area contributed by atoms with Crippen molar-refractivity contribution in [3.05, 3.63) is 125 Å². The molecule has 1 aliphatic heterocycles. The number of amides is 1. The van der Waals surface area contributed by atoms with E-state index in [1.165, 1.54) is 23.5 Å². The van der Waals surface area contributed by atoms with Gasteiger partial charge in [0.1, 0.15) is 5.82 Å². The smallest absolute Gasteiger partial charge is 0.238 e. The second-order valence-corrected chi connectivity index (χ2v) is 16.9. The van der Waals surface area contributed by atoms with E-state index in [-0.39, 0.29) is 12.5 Å². The Labute approximate surface area is 367 Å². The van der Waals surface area contributed by atoms with E-state index >= 15 is 0 Å². The maximum absolute atomic E-state index is 12.5. The van der Waals surface area contributed by atoms with Gasteiger partial charge in [0.05, 0.1) is 36.8 Å². The number of carbonyl (C=O) groups excluding carboxylic acids is 1. The molecule has 4 aromatic heterocycles. The summed E-state index contributed by atoms with van der Waals surface area (Å²) in [4.78, 5) is 38.0. The standard InChI is InChI=1S/C43H44ClN13O2S2/c1-28-21-39(52-50-28)56(37-24-35(31-10-6-5-7-11-31)46-43(49-37)61-34-15-13-33(14-16-34)45-41(58)26-54(3)4)57(40-22-29(2)51-53-40)38-25-36(55-17-19-59-20-18-55)47-42(48-38)60-27-30-9-8-12-32(44)23-30/h5-16,21-25H,17-20,26-27H2,1-4H3,(H,45,58)(H,50,52)(H,51,53). The Morgan fingerprint density at radius 3 is 2.10 bits per heavy atom. The molecule has 0 bridgehead atoms. The number of thioether (sulfide) groups is 1. The molecule has 1 aliphatic rings. The highest BCUT2D eigenvalue weighted by Gasteiger charge is 2.30. The third kappa shape index (κ3) is 10.7. The van der Waals surface area contributed by atoms with Crippen molar-refractivity contribution in [3.8, 4) is 11.3 Å². The third-order valence-electron chi connectivity index (χ3n) is 9.31. The van der Waals surface area contributed by atoms with Crippen molar-refractivity contribution >= 4 is 75.8 Å². The molecule has 5 heterocycles. The summed E-state index contributed by atoms with van der Waals surface area (Å²) in [5.41, 5.74) is 4.93. The van der Waals surface area contributed by atoms with Crippen molar-refractivity contribution in [2.45, 2.75) is 34.8 Å². The minimum Gasteiger partial charge on any atom is -0.378 e. The number of aryl methyl sites for hydroxylation is 2. The number of morpholine rings is 1. The number of aromatic nitrogens is 8. The molecule has 61 heavy (non-hydrogen) atoms. The SMILES string of the molecule is Cc1cc(N(c2cc(N3CCOCC3)nc(SCc3cccc(Cl)c3)n2)N(c2cc(-c3ccccc3)nc(Sc3ccc(NC(=O)CN(C)C)cc3)n2)c2cc(C)n[nH]2)[nH]n1. The molecule has 3 N–H and O–H groups in total. The zero-order chi connectivity index (χ0) is 42.3. The van der Waals surface area contributed by atoms with Gasteiger partial charge in [0.2, 0.25) is 5.91 Å². The van der Waals surface area contributed by atoms with Crippen LogP contribution in [-0.2, 0) is 15.3 Å². The summed E-state index contributed by atoms with van der Waals surface area (Å²) in [7, 11) is 3.72. The molecule has 7 aromatic rings. The average molecular weight is 875 g/mol. The molecule has 3 aromatic carbocycles. The minimum atomic E-state index is -0.0901. The van der Waals surface area contributed by atoms with Gasteiger partial charge in [-0.05, 0) is 81.7 Å². The second kappa shape index (κ2) is 19.2. The van der Waals surface area contributed by atoms with E-state index in [4.69, 9.17) is 36.3 Å². The van der Waals surface area contributed by atoms with Crippen LogP contribution in [-0.4, -0.2) is 98.1 Å². The lowest BCUT2D eigenvalue weighted by molar-refractivity contribution is -0.116. The van der Waals surface area contributed by atoms with E-state index in [0.29, 0.717) is 82.0 Å². The van der Waals surface area contributed by atoms with Crippen LogP contribution in [0.25, 0.3) is 11.3 Å². The first-order valence-electron chi connectivity index (χ1n) is 19.5. The predicted molar refractivity (Wildman–Crippen MR) is 242 cm³/mol. The van der Waals surface area contributed by atoms with Gasteiger partial charge in [-0.3, -0.25) is 15.0 Å². The van der Waals surface area contributed by atoms with Gasteiger partial charge in [0, 0.05) is 64.3 Å². The molecular formula is C43H44ClN13O2S2. The van der Waals surface area contributed by atoms with E-state index in [9.17, 15) is 4.79 Å². The molecule has 1 saturated heterocycles. The normalized spacial score (nSPS) is 12.8. The quantitative estimate of drug-likeness (QED) is 0.0513. The zero-order valence-electron chi connectivity index (χ0n) is 34.0. The number of H-pyrrole nitrogens is 2. The summed E-state index contributed by atoms with van der Waals surface area (Å²) in [6.45, 7) is 6.68. The molecule has 0 saturated carbocycles. The maximum atomic E-state index is 12.5. The fourth-order valence-electron chi connectivity index (χ4n) is 6.53. The van der Waals surface area contributed by atoms with E-state index in [1.54, 1.807) is 0 Å². The molecule has 1 fully saturated rings. The number of anilines is 6. The minimum absolute atomic E-state index is 0.0901. The highest BCUT2D eigenvalue weighted by atomic mass is 35.5. The predicted octanol–water partition coefficient (Wildman–Crippen LogP) is 8.32. The van der Waals surface area contributed by atoms with Crippen LogP contribution in [0.15, 0.2) is 118 Å². The molecule has 0 radical (unpaired) electrons. The van der Waals surface area contributed by atoms with E-state index in [0.717, 1.165) is 33.2 Å². The summed E-state index contributed by atoms with van der Waals surface area (Å²) < 4.78 is 5.73. The van der Waals surface area contributed by atoms with Crippen LogP contribution in [0.3, 0.4) is 0 Å². The number of ether oxygens (including phenoxy) is 1. The Hall–Kier alpha value is -5.98. The maximum Gasteiger partial charge on any atom is 0.238 e. The Morgan fingerprint density at radius 2 is 1.46 bits per heavy atom. The summed E-state index contributed by atoms with van der Waals surface area (Å²) in [6.07, 6.45) is 0. The lowest BCUT2D eigenvalue weighted by Gasteiger charge is -2.35. The number of aromatic amines is 2. The Morgan fingerprint density at radius 1 is 0.787 bits per heavy atom. The second-order valence-electron chi connectivity index (χ2n) is 14.5. The molecule has 0 spiro atoms. The van der Waals surface area contributed by atoms with Gasteiger partial charge in [-0.2, -0.15) is 10.2 Å². The van der Waals surface area contributed by atoms with Gasteiger partial charge >= 0.3 is 0 Å². The van der Waals surface area contributed by atoms with E-state index in [1.807, 2.05) is 146 Å². The van der Waals surface area contributed by atoms with E-state index in [2.05, 4.69) is 30.6 Å². The van der Waals surface area contributed by atoms with Gasteiger partial charge in [-0.15, -0.1) is 0 Å². The summed E-state index contributed by atoms with van der Waals surface area (Å²) in [5.74, 6) is 3.61. The fourth-order valence-corrected chi connectivity index (χ4v) is 8.30. The Balaban J connectivity index is 1.25. The van der Waals surface area contributed by atoms with Gasteiger partial charge in [0.15, 0.2) is 33.6 Å². The number of hydrogen-bond acceptors (Lipinski definition) is 14. The van der Waals surface area contributed by atoms with Crippen molar-refractivity contribution in [3.63, 3.8) is 0 Å². The zero-order valence-corrected chi connectivity index (χ0v) is 36.4. The molecular weight excluding hydrogens is 830 g/mol. The number of hydrazine groups is 1. The van der Waals surface area contributed by atoms with Gasteiger partial charge in [-0.25, -0.2) is 30.0 Å². The third-order valence-corrected chi connectivity index (χ3v) is 11.3. The first-order valence-corrected chi connectivity index (χ1v) is 21.7. The van der Waals surface area contributed by atoms with Crippen molar-refractivity contribution in [2.75, 3.05) is 67.2 Å². The van der Waals surface area contributed by atoms with E-state index < -0.39 is 0 Å². The molecule has 0 unspecified atom stereocenters. The molecule has 312 valence electrons. The first kappa shape index (κ1) is 41.7. The van der Waals surface area contributed by atoms with Gasteiger partial charge < -0.3 is 19.9 Å². The Kier molecular flexibility index (Phi) is 13.1. The highest BCUT2D eigenvalue weighted by Crippen LogP contribution is 2.39. The van der Waals surface area contributed by atoms with Gasteiger partial charge in [0.25, 0.3) is 0 Å². The summed E-state index contributed by atoms with van der Waals surface area (Å²) in [6, 6.07) is 33.3. The first-order chi connectivity index (χ1) is 29.6. The number of benzene rings is 3. The monoisotopic (exact) mass is 873 g/mol. The molecule has 18 heteroatoms. The topological polar surface area (TPSA) is 160 Å². The Bertz CT molecular complexity index is 2580. The number of likely N-dealkylation sites (N-methyl/N-ethyl adjacent to an activating group) is 1. The number of nitrogens with one attached hydrogen (secondary N) is 3. The van der Waals surface area contributed by atoms with Crippen LogP contribution < -0.4 is 20.2 Å². The number of hydrogen-bond donors (Lipinski definition) is 3. The summed E-state index contributed by atoms with van der Waals surface area (Å²) >= 11 is 9.31. The van der Waals surface area contributed by atoms with Crippen LogP contribution in [0, 0.1) is 13.8 Å². The number of rotatable bonds is 15. The van der Waals surface area contributed by atoms with Crippen molar-refractivity contribution in [2.24, 2.45) is 0 Å². The molecule has 8 rings (SSSR count). The highest BCUT2D eigenvalue weighted by molar-refractivity contribution is 7.99. The average Bonchev–Trinajstić information content (AvgIpc) is 3.90. The summed E-state index contributed by atoms with van der Waals surface area (Å²) in [5, 5.41) is 24.2. The number of carbonyl (C=O) groups is 1. The van der Waals surface area contributed by atoms with Crippen molar-refractivity contribution in [1.82, 2.24) is 45.2 Å². The van der Waals surface area contributed by atoms with Crippen LogP contribution >= 0.6 is 35.1 Å². The van der Waals surface area contributed by atoms with Crippen LogP contribution in [0.2, 0.25) is 5.02 Å². The lowest BCUT2D eigenvalue weighted by Crippen LogP contribution is -2.39. The number of nitrogens with zero attached hydrogens (tertiary/aromatic N) is 10. The largest absolute Gasteiger partial charge is 0.378 e. The number of halogens is 1. The van der Waals surface area contributed by atoms with Crippen LogP contribution in [0.5, 0.6) is 0 Å². The molecule has 0 atom stereocenters. The molecule has 0 aliphatic carbocycles. The van der Waals surface area contributed by atoms with Crippen LogP contribution in [0.4, 0.5) is 34.8 Å². The van der Waals surface area contributed by atoms with Crippen molar-refractivity contribution < 1.29 is 9.53 Å².